The number of nitrogens with zero attached hydrogens (tertiary/aromatic N) is 1. The van der Waals surface area contributed by atoms with Gasteiger partial charge in [0.25, 0.3) is 0 Å². The molecule has 4 nitrogen and oxygen atoms in total. The van der Waals surface area contributed by atoms with Crippen molar-refractivity contribution in [3.63, 3.8) is 0 Å². The molecule has 0 bridgehead atoms. The molecule has 1 fully saturated rings. The van der Waals surface area contributed by atoms with Crippen molar-refractivity contribution in [1.29, 1.82) is 0 Å². The highest BCUT2D eigenvalue weighted by Gasteiger charge is 2.14. The monoisotopic (exact) mass is 228 g/mol. The molecule has 0 heterocycles. The van der Waals surface area contributed by atoms with Gasteiger partial charge in [-0.1, -0.05) is 19.3 Å². The van der Waals surface area contributed by atoms with E-state index in [4.69, 9.17) is 5.11 Å². The summed E-state index contributed by atoms with van der Waals surface area (Å²) in [5.41, 5.74) is 0. The van der Waals surface area contributed by atoms with E-state index in [9.17, 15) is 4.79 Å². The smallest absolute Gasteiger partial charge is 0.234 e. The Morgan fingerprint density at radius 2 is 2.06 bits per heavy atom. The van der Waals surface area contributed by atoms with Crippen LogP contribution in [-0.4, -0.2) is 49.2 Å². The van der Waals surface area contributed by atoms with Crippen molar-refractivity contribution in [3.05, 3.63) is 0 Å². The van der Waals surface area contributed by atoms with Gasteiger partial charge < -0.3 is 10.4 Å². The molecule has 1 saturated carbocycles. The quantitative estimate of drug-likeness (QED) is 0.700. The fourth-order valence-corrected chi connectivity index (χ4v) is 2.20. The number of aliphatic hydroxyl groups excluding tert-OH is 1. The number of likely N-dealkylation sites (N-methyl/N-ethyl adjacent to an activating group) is 1. The van der Waals surface area contributed by atoms with E-state index in [2.05, 4.69) is 5.32 Å². The van der Waals surface area contributed by atoms with Gasteiger partial charge in [-0.15, -0.1) is 0 Å². The first-order valence-electron chi connectivity index (χ1n) is 6.28. The number of rotatable bonds is 6. The van der Waals surface area contributed by atoms with Crippen molar-refractivity contribution in [2.45, 2.75) is 32.1 Å². The zero-order valence-corrected chi connectivity index (χ0v) is 10.2. The second kappa shape index (κ2) is 7.63. The van der Waals surface area contributed by atoms with Crippen LogP contribution in [0.2, 0.25) is 0 Å². The van der Waals surface area contributed by atoms with E-state index in [0.29, 0.717) is 19.0 Å². The summed E-state index contributed by atoms with van der Waals surface area (Å²) in [6.07, 6.45) is 6.49. The molecule has 0 unspecified atom stereocenters. The third kappa shape index (κ3) is 5.47. The van der Waals surface area contributed by atoms with Gasteiger partial charge in [-0.3, -0.25) is 9.69 Å². The molecule has 94 valence electrons. The van der Waals surface area contributed by atoms with Crippen molar-refractivity contribution < 1.29 is 9.90 Å². The fraction of sp³-hybridized carbons (Fsp3) is 0.917. The molecular weight excluding hydrogens is 204 g/mol. The first-order chi connectivity index (χ1) is 7.72. The molecule has 2 N–H and O–H groups in total. The van der Waals surface area contributed by atoms with Crippen molar-refractivity contribution in [1.82, 2.24) is 10.2 Å². The van der Waals surface area contributed by atoms with Crippen LogP contribution in [0.25, 0.3) is 0 Å². The molecule has 0 spiro atoms. The number of nitrogens with one attached hydrogen (secondary N) is 1. The number of carbonyl (C=O) groups excluding carboxylic acids is 1. The molecule has 1 amide bonds. The summed E-state index contributed by atoms with van der Waals surface area (Å²) >= 11 is 0. The summed E-state index contributed by atoms with van der Waals surface area (Å²) in [6.45, 7) is 1.86. The highest BCUT2D eigenvalue weighted by molar-refractivity contribution is 5.77. The standard InChI is InChI=1S/C12H24N2O2/c1-14(7-8-15)10-12(16)13-9-11-5-3-2-4-6-11/h11,15H,2-10H2,1H3,(H,13,16). The Morgan fingerprint density at radius 3 is 2.69 bits per heavy atom. The number of amides is 1. The Morgan fingerprint density at radius 1 is 1.38 bits per heavy atom. The van der Waals surface area contributed by atoms with Crippen LogP contribution >= 0.6 is 0 Å². The molecule has 0 aliphatic heterocycles. The molecule has 4 heteroatoms. The third-order valence-corrected chi connectivity index (χ3v) is 3.21. The largest absolute Gasteiger partial charge is 0.395 e. The molecule has 0 radical (unpaired) electrons. The summed E-state index contributed by atoms with van der Waals surface area (Å²) in [5, 5.41) is 11.7. The van der Waals surface area contributed by atoms with E-state index >= 15 is 0 Å². The summed E-state index contributed by atoms with van der Waals surface area (Å²) < 4.78 is 0. The summed E-state index contributed by atoms with van der Waals surface area (Å²) in [5.74, 6) is 0.752. The Kier molecular flexibility index (Phi) is 6.42. The van der Waals surface area contributed by atoms with Crippen LogP contribution in [0.4, 0.5) is 0 Å². The lowest BCUT2D eigenvalue weighted by Crippen LogP contribution is -2.38. The first kappa shape index (κ1) is 13.5. The number of hydrogen-bond donors (Lipinski definition) is 2. The van der Waals surface area contributed by atoms with E-state index in [0.717, 1.165) is 6.54 Å². The lowest BCUT2D eigenvalue weighted by atomic mass is 9.89. The topological polar surface area (TPSA) is 52.6 Å². The van der Waals surface area contributed by atoms with Crippen molar-refractivity contribution in [2.75, 3.05) is 33.3 Å². The van der Waals surface area contributed by atoms with Crippen molar-refractivity contribution >= 4 is 5.91 Å². The van der Waals surface area contributed by atoms with E-state index in [1.807, 2.05) is 11.9 Å². The first-order valence-corrected chi connectivity index (χ1v) is 6.28. The van der Waals surface area contributed by atoms with Crippen LogP contribution in [-0.2, 0) is 4.79 Å². The maximum Gasteiger partial charge on any atom is 0.234 e. The molecule has 0 aromatic heterocycles. The second-order valence-corrected chi connectivity index (χ2v) is 4.77. The zero-order valence-electron chi connectivity index (χ0n) is 10.2. The van der Waals surface area contributed by atoms with Gasteiger partial charge in [-0.05, 0) is 25.8 Å². The molecular formula is C12H24N2O2. The van der Waals surface area contributed by atoms with Crippen LogP contribution in [0.1, 0.15) is 32.1 Å². The van der Waals surface area contributed by atoms with Gasteiger partial charge in [0.05, 0.1) is 13.2 Å². The Bertz CT molecular complexity index is 203. The Labute approximate surface area is 98.0 Å². The normalized spacial score (nSPS) is 17.7. The SMILES string of the molecule is CN(CCO)CC(=O)NCC1CCCCC1. The van der Waals surface area contributed by atoms with Crippen LogP contribution in [0.3, 0.4) is 0 Å². The molecule has 1 aliphatic carbocycles. The van der Waals surface area contributed by atoms with Gasteiger partial charge in [-0.25, -0.2) is 0 Å². The maximum atomic E-state index is 11.5. The summed E-state index contributed by atoms with van der Waals surface area (Å²) in [6, 6.07) is 0. The molecule has 0 aromatic rings. The molecule has 1 rings (SSSR count). The molecule has 0 atom stereocenters. The summed E-state index contributed by atoms with van der Waals surface area (Å²) in [7, 11) is 1.84. The van der Waals surface area contributed by atoms with Gasteiger partial charge >= 0.3 is 0 Å². The lowest BCUT2D eigenvalue weighted by molar-refractivity contribution is -0.122. The minimum absolute atomic E-state index is 0.0709. The van der Waals surface area contributed by atoms with E-state index in [-0.39, 0.29) is 12.5 Å². The van der Waals surface area contributed by atoms with Gasteiger partial charge in [-0.2, -0.15) is 0 Å². The molecule has 0 aromatic carbocycles. The van der Waals surface area contributed by atoms with E-state index in [1.165, 1.54) is 32.1 Å². The Hall–Kier alpha value is -0.610. The number of hydrogen-bond acceptors (Lipinski definition) is 3. The highest BCUT2D eigenvalue weighted by atomic mass is 16.3. The van der Waals surface area contributed by atoms with Crippen LogP contribution in [0, 0.1) is 5.92 Å². The van der Waals surface area contributed by atoms with Gasteiger partial charge in [0.1, 0.15) is 0 Å². The fourth-order valence-electron chi connectivity index (χ4n) is 2.20. The van der Waals surface area contributed by atoms with Crippen molar-refractivity contribution in [3.8, 4) is 0 Å². The predicted molar refractivity (Wildman–Crippen MR) is 64.2 cm³/mol. The average molecular weight is 228 g/mol. The number of aliphatic hydroxyl groups is 1. The minimum Gasteiger partial charge on any atom is -0.395 e. The van der Waals surface area contributed by atoms with Gasteiger partial charge in [0, 0.05) is 13.1 Å². The zero-order chi connectivity index (χ0) is 11.8. The number of carbonyl (C=O) groups is 1. The van der Waals surface area contributed by atoms with Crippen LogP contribution in [0.15, 0.2) is 0 Å². The van der Waals surface area contributed by atoms with Crippen LogP contribution in [0.5, 0.6) is 0 Å². The maximum absolute atomic E-state index is 11.5. The van der Waals surface area contributed by atoms with E-state index in [1.54, 1.807) is 0 Å². The van der Waals surface area contributed by atoms with Gasteiger partial charge in [0.2, 0.25) is 5.91 Å². The van der Waals surface area contributed by atoms with Crippen LogP contribution < -0.4 is 5.32 Å². The Balaban J connectivity index is 2.09. The molecule has 0 saturated heterocycles. The third-order valence-electron chi connectivity index (χ3n) is 3.21. The predicted octanol–water partition coefficient (Wildman–Crippen LogP) is 0.607. The minimum atomic E-state index is 0.0709. The highest BCUT2D eigenvalue weighted by Crippen LogP contribution is 2.22. The average Bonchev–Trinajstić information content (AvgIpc) is 2.28. The summed E-state index contributed by atoms with van der Waals surface area (Å²) in [4.78, 5) is 13.4. The van der Waals surface area contributed by atoms with E-state index < -0.39 is 0 Å². The second-order valence-electron chi connectivity index (χ2n) is 4.77. The lowest BCUT2D eigenvalue weighted by Gasteiger charge is -2.22. The van der Waals surface area contributed by atoms with Gasteiger partial charge in [0.15, 0.2) is 0 Å². The molecule has 16 heavy (non-hydrogen) atoms. The van der Waals surface area contributed by atoms with Crippen molar-refractivity contribution in [2.24, 2.45) is 5.92 Å². The molecule has 1 aliphatic rings.